The summed E-state index contributed by atoms with van der Waals surface area (Å²) in [4.78, 5) is 28.3. The zero-order valence-electron chi connectivity index (χ0n) is 18.5. The highest BCUT2D eigenvalue weighted by molar-refractivity contribution is 6.08. The molecule has 1 atom stereocenters. The van der Waals surface area contributed by atoms with Crippen molar-refractivity contribution in [2.45, 2.75) is 44.7 Å². The Labute approximate surface area is 192 Å². The van der Waals surface area contributed by atoms with E-state index in [0.29, 0.717) is 17.9 Å². The van der Waals surface area contributed by atoms with Gasteiger partial charge in [0, 0.05) is 6.04 Å². The molecule has 1 aliphatic carbocycles. The van der Waals surface area contributed by atoms with Crippen LogP contribution in [-0.4, -0.2) is 24.5 Å². The van der Waals surface area contributed by atoms with Crippen LogP contribution in [0.1, 0.15) is 54.8 Å². The largest absolute Gasteiger partial charge is 0.494 e. The van der Waals surface area contributed by atoms with Crippen LogP contribution in [0.4, 0.5) is 10.1 Å². The number of para-hydroxylation sites is 1. The average molecular weight is 451 g/mol. The van der Waals surface area contributed by atoms with Crippen molar-refractivity contribution in [2.24, 2.45) is 0 Å². The first-order valence-corrected chi connectivity index (χ1v) is 11.2. The van der Waals surface area contributed by atoms with Gasteiger partial charge in [-0.25, -0.2) is 4.39 Å². The van der Waals surface area contributed by atoms with Gasteiger partial charge in [0.2, 0.25) is 5.91 Å². The lowest BCUT2D eigenvalue weighted by Crippen LogP contribution is -2.46. The van der Waals surface area contributed by atoms with Gasteiger partial charge in [0.25, 0.3) is 5.91 Å². The quantitative estimate of drug-likeness (QED) is 0.508. The SMILES string of the molecule is CCOc1ccc([C@H](C(=O)NC2CCCC2)N(C(=O)c2ccco2)c2ccccc2F)cc1. The molecule has 1 fully saturated rings. The summed E-state index contributed by atoms with van der Waals surface area (Å²) in [6.45, 7) is 2.39. The molecule has 172 valence electrons. The van der Waals surface area contributed by atoms with Crippen molar-refractivity contribution in [3.63, 3.8) is 0 Å². The molecule has 1 aromatic heterocycles. The predicted molar refractivity (Wildman–Crippen MR) is 123 cm³/mol. The van der Waals surface area contributed by atoms with E-state index in [4.69, 9.17) is 9.15 Å². The van der Waals surface area contributed by atoms with Crippen molar-refractivity contribution in [3.05, 3.63) is 84.1 Å². The maximum absolute atomic E-state index is 15.0. The van der Waals surface area contributed by atoms with Crippen LogP contribution in [0, 0.1) is 5.82 Å². The number of carbonyl (C=O) groups excluding carboxylic acids is 2. The third-order valence-corrected chi connectivity index (χ3v) is 5.78. The molecular weight excluding hydrogens is 423 g/mol. The Balaban J connectivity index is 1.80. The molecule has 2 amide bonds. The number of halogens is 1. The van der Waals surface area contributed by atoms with Gasteiger partial charge in [0.1, 0.15) is 17.6 Å². The first-order chi connectivity index (χ1) is 16.1. The second-order valence-corrected chi connectivity index (χ2v) is 8.00. The molecule has 7 heteroatoms. The van der Waals surface area contributed by atoms with Gasteiger partial charge in [-0.1, -0.05) is 37.1 Å². The third kappa shape index (κ3) is 5.08. The Morgan fingerprint density at radius 2 is 1.82 bits per heavy atom. The summed E-state index contributed by atoms with van der Waals surface area (Å²) >= 11 is 0. The molecule has 3 aromatic rings. The molecule has 1 aliphatic rings. The summed E-state index contributed by atoms with van der Waals surface area (Å²) in [5.41, 5.74) is 0.538. The molecule has 0 saturated heterocycles. The summed E-state index contributed by atoms with van der Waals surface area (Å²) in [5, 5.41) is 3.07. The van der Waals surface area contributed by atoms with Crippen molar-refractivity contribution in [2.75, 3.05) is 11.5 Å². The number of amides is 2. The van der Waals surface area contributed by atoms with E-state index in [1.807, 2.05) is 6.92 Å². The second-order valence-electron chi connectivity index (χ2n) is 8.00. The predicted octanol–water partition coefficient (Wildman–Crippen LogP) is 5.26. The molecule has 1 heterocycles. The van der Waals surface area contributed by atoms with Crippen molar-refractivity contribution >= 4 is 17.5 Å². The smallest absolute Gasteiger partial charge is 0.295 e. The van der Waals surface area contributed by atoms with Crippen LogP contribution >= 0.6 is 0 Å². The zero-order chi connectivity index (χ0) is 23.2. The lowest BCUT2D eigenvalue weighted by atomic mass is 10.0. The highest BCUT2D eigenvalue weighted by Crippen LogP contribution is 2.33. The first kappa shape index (κ1) is 22.6. The summed E-state index contributed by atoms with van der Waals surface area (Å²) in [6.07, 6.45) is 5.22. The zero-order valence-corrected chi connectivity index (χ0v) is 18.5. The van der Waals surface area contributed by atoms with E-state index >= 15 is 0 Å². The topological polar surface area (TPSA) is 71.8 Å². The Kier molecular flexibility index (Phi) is 7.07. The summed E-state index contributed by atoms with van der Waals surface area (Å²) in [5.74, 6) is -0.921. The Morgan fingerprint density at radius 3 is 2.45 bits per heavy atom. The third-order valence-electron chi connectivity index (χ3n) is 5.78. The number of anilines is 1. The molecule has 33 heavy (non-hydrogen) atoms. The van der Waals surface area contributed by atoms with E-state index in [-0.39, 0.29) is 23.4 Å². The number of carbonyl (C=O) groups is 2. The lowest BCUT2D eigenvalue weighted by Gasteiger charge is -2.32. The number of ether oxygens (including phenoxy) is 1. The van der Waals surface area contributed by atoms with E-state index in [1.165, 1.54) is 29.4 Å². The molecule has 0 aliphatic heterocycles. The van der Waals surface area contributed by atoms with Gasteiger partial charge in [0.05, 0.1) is 18.6 Å². The summed E-state index contributed by atoms with van der Waals surface area (Å²) in [7, 11) is 0. The van der Waals surface area contributed by atoms with Crippen molar-refractivity contribution < 1.29 is 23.1 Å². The number of hydrogen-bond acceptors (Lipinski definition) is 4. The number of benzene rings is 2. The van der Waals surface area contributed by atoms with E-state index in [1.54, 1.807) is 42.5 Å². The number of hydrogen-bond donors (Lipinski definition) is 1. The maximum Gasteiger partial charge on any atom is 0.295 e. The van der Waals surface area contributed by atoms with Gasteiger partial charge in [0.15, 0.2) is 5.76 Å². The maximum atomic E-state index is 15.0. The van der Waals surface area contributed by atoms with Crippen molar-refractivity contribution in [1.82, 2.24) is 5.32 Å². The molecule has 4 rings (SSSR count). The van der Waals surface area contributed by atoms with E-state index in [2.05, 4.69) is 5.32 Å². The number of rotatable bonds is 8. The molecule has 0 radical (unpaired) electrons. The molecule has 1 N–H and O–H groups in total. The molecule has 0 spiro atoms. The summed E-state index contributed by atoms with van der Waals surface area (Å²) < 4.78 is 25.8. The van der Waals surface area contributed by atoms with Crippen molar-refractivity contribution in [3.8, 4) is 5.75 Å². The Bertz CT molecular complexity index is 1080. The minimum absolute atomic E-state index is 0.000596. The van der Waals surface area contributed by atoms with E-state index in [9.17, 15) is 14.0 Å². The average Bonchev–Trinajstić information content (AvgIpc) is 3.53. The van der Waals surface area contributed by atoms with Gasteiger partial charge >= 0.3 is 0 Å². The van der Waals surface area contributed by atoms with Gasteiger partial charge in [-0.2, -0.15) is 0 Å². The van der Waals surface area contributed by atoms with Crippen LogP contribution in [0.2, 0.25) is 0 Å². The molecule has 6 nitrogen and oxygen atoms in total. The minimum atomic E-state index is -1.10. The Morgan fingerprint density at radius 1 is 1.09 bits per heavy atom. The number of nitrogens with zero attached hydrogens (tertiary/aromatic N) is 1. The van der Waals surface area contributed by atoms with Crippen molar-refractivity contribution in [1.29, 1.82) is 0 Å². The highest BCUT2D eigenvalue weighted by Gasteiger charge is 2.37. The molecular formula is C26H27FN2O4. The van der Waals surface area contributed by atoms with Crippen LogP contribution in [0.3, 0.4) is 0 Å². The second kappa shape index (κ2) is 10.3. The van der Waals surface area contributed by atoms with E-state index < -0.39 is 17.8 Å². The van der Waals surface area contributed by atoms with Crippen LogP contribution in [0.15, 0.2) is 71.3 Å². The number of nitrogens with one attached hydrogen (secondary N) is 1. The minimum Gasteiger partial charge on any atom is -0.494 e. The molecule has 2 aromatic carbocycles. The molecule has 0 bridgehead atoms. The first-order valence-electron chi connectivity index (χ1n) is 11.2. The van der Waals surface area contributed by atoms with Crippen LogP contribution in [0.25, 0.3) is 0 Å². The molecule has 0 unspecified atom stereocenters. The van der Waals surface area contributed by atoms with Crippen LogP contribution in [0.5, 0.6) is 5.75 Å². The van der Waals surface area contributed by atoms with Gasteiger partial charge in [-0.3, -0.25) is 14.5 Å². The van der Waals surface area contributed by atoms with Gasteiger partial charge in [-0.15, -0.1) is 0 Å². The van der Waals surface area contributed by atoms with E-state index in [0.717, 1.165) is 25.7 Å². The fourth-order valence-corrected chi connectivity index (χ4v) is 4.21. The van der Waals surface area contributed by atoms with Gasteiger partial charge < -0.3 is 14.5 Å². The Hall–Kier alpha value is -3.61. The standard InChI is InChI=1S/C26H27FN2O4/c1-2-32-20-15-13-18(14-16-20)24(25(30)28-19-8-3-4-9-19)29(22-11-6-5-10-21(22)27)26(31)23-12-7-17-33-23/h5-7,10-17,19,24H,2-4,8-9H2,1H3,(H,28,30)/t24-/m1/s1. The highest BCUT2D eigenvalue weighted by atomic mass is 19.1. The van der Waals surface area contributed by atoms with Crippen LogP contribution in [-0.2, 0) is 4.79 Å². The number of furan rings is 1. The molecule has 1 saturated carbocycles. The lowest BCUT2D eigenvalue weighted by molar-refractivity contribution is -0.123. The summed E-state index contributed by atoms with van der Waals surface area (Å²) in [6, 6.07) is 14.9. The fourth-order valence-electron chi connectivity index (χ4n) is 4.21. The van der Waals surface area contributed by atoms with Crippen LogP contribution < -0.4 is 15.0 Å². The monoisotopic (exact) mass is 450 g/mol. The normalized spacial score (nSPS) is 14.6. The fraction of sp³-hybridized carbons (Fsp3) is 0.308. The van der Waals surface area contributed by atoms with Gasteiger partial charge in [-0.05, 0) is 61.7 Å².